The van der Waals surface area contributed by atoms with E-state index in [4.69, 9.17) is 10.8 Å². The Labute approximate surface area is 230 Å². The number of rotatable bonds is 4. The second-order valence-corrected chi connectivity index (χ2v) is 12.4. The van der Waals surface area contributed by atoms with Crippen molar-refractivity contribution in [2.75, 3.05) is 37.7 Å². The summed E-state index contributed by atoms with van der Waals surface area (Å²) < 4.78 is 2.12. The van der Waals surface area contributed by atoms with Crippen LogP contribution in [-0.2, 0) is 16.0 Å². The monoisotopic (exact) mass is 531 g/mol. The van der Waals surface area contributed by atoms with Gasteiger partial charge in [0, 0.05) is 31.2 Å². The second kappa shape index (κ2) is 10.6. The number of pyridine rings is 1. The molecular formula is C30H41N7O2. The van der Waals surface area contributed by atoms with Crippen LogP contribution in [0.25, 0.3) is 10.9 Å². The van der Waals surface area contributed by atoms with Crippen molar-refractivity contribution in [2.24, 2.45) is 11.3 Å². The Hall–Kier alpha value is -3.46. The van der Waals surface area contributed by atoms with Crippen molar-refractivity contribution in [3.63, 3.8) is 0 Å². The number of nitrogen functional groups attached to an aromatic ring is 1. The average Bonchev–Trinajstić information content (AvgIpc) is 3.32. The molecule has 2 aliphatic rings. The Balaban J connectivity index is 1.37. The van der Waals surface area contributed by atoms with Gasteiger partial charge in [-0.2, -0.15) is 5.10 Å². The van der Waals surface area contributed by atoms with E-state index < -0.39 is 11.8 Å². The fourth-order valence-corrected chi connectivity index (χ4v) is 6.46. The summed E-state index contributed by atoms with van der Waals surface area (Å²) in [4.78, 5) is 34.8. The molecule has 0 unspecified atom stereocenters. The van der Waals surface area contributed by atoms with Crippen LogP contribution in [0.5, 0.6) is 0 Å². The zero-order valence-corrected chi connectivity index (χ0v) is 23.8. The number of anilines is 2. The van der Waals surface area contributed by atoms with Crippen LogP contribution in [0.1, 0.15) is 70.2 Å². The normalized spacial score (nSPS) is 23.6. The van der Waals surface area contributed by atoms with E-state index in [9.17, 15) is 9.59 Å². The lowest BCUT2D eigenvalue weighted by molar-refractivity contribution is -0.146. The molecule has 1 aromatic carbocycles. The maximum absolute atomic E-state index is 13.5. The van der Waals surface area contributed by atoms with Gasteiger partial charge in [0.05, 0.1) is 29.5 Å². The Kier molecular flexibility index (Phi) is 7.37. The number of carbonyl (C=O) groups is 2. The molecule has 3 aromatic rings. The van der Waals surface area contributed by atoms with Gasteiger partial charge in [-0.25, -0.2) is 4.98 Å². The van der Waals surface area contributed by atoms with Crippen LogP contribution in [0.3, 0.4) is 0 Å². The standard InChI is InChI=1S/C30H41N7O2/c1-6-20-11-23(14-32-27(20)31)33-28(38)29(39)36-15-19(2)7-10-26(36)21-8-9-22-16-37(34-25(22)12-21)24-13-30(3,4)18-35(5)17-24/h8-9,11-12,14,16,19,24,26H,6-7,10,13,15,17-18H2,1-5H3,(H2,31,32)(H,33,38)/t19-,24-,26+/m0/s1. The molecule has 0 spiro atoms. The van der Waals surface area contributed by atoms with Gasteiger partial charge in [-0.1, -0.05) is 39.8 Å². The molecule has 4 heterocycles. The van der Waals surface area contributed by atoms with E-state index in [1.54, 1.807) is 11.0 Å². The molecule has 2 fully saturated rings. The molecule has 0 radical (unpaired) electrons. The maximum atomic E-state index is 13.5. The molecule has 3 atom stereocenters. The quantitative estimate of drug-likeness (QED) is 0.483. The molecule has 0 aliphatic carbocycles. The van der Waals surface area contributed by atoms with Crippen LogP contribution in [0.2, 0.25) is 0 Å². The highest BCUT2D eigenvalue weighted by Gasteiger charge is 2.35. The molecule has 0 saturated carbocycles. The highest BCUT2D eigenvalue weighted by atomic mass is 16.2. The average molecular weight is 532 g/mol. The van der Waals surface area contributed by atoms with Crippen molar-refractivity contribution in [3.05, 3.63) is 47.8 Å². The minimum Gasteiger partial charge on any atom is -0.383 e. The Morgan fingerprint density at radius 1 is 1.18 bits per heavy atom. The number of aryl methyl sites for hydroxylation is 1. The van der Waals surface area contributed by atoms with Gasteiger partial charge in [0.15, 0.2) is 0 Å². The number of aromatic nitrogens is 3. The van der Waals surface area contributed by atoms with Crippen molar-refractivity contribution >= 4 is 34.2 Å². The summed E-state index contributed by atoms with van der Waals surface area (Å²) in [5, 5.41) is 8.81. The number of hydrogen-bond acceptors (Lipinski definition) is 6. The van der Waals surface area contributed by atoms with E-state index in [-0.39, 0.29) is 11.5 Å². The van der Waals surface area contributed by atoms with E-state index in [1.165, 1.54) is 6.20 Å². The minimum absolute atomic E-state index is 0.176. The zero-order valence-electron chi connectivity index (χ0n) is 23.8. The molecular weight excluding hydrogens is 490 g/mol. The van der Waals surface area contributed by atoms with Gasteiger partial charge < -0.3 is 20.9 Å². The molecule has 9 heteroatoms. The summed E-state index contributed by atoms with van der Waals surface area (Å²) in [6, 6.07) is 8.20. The number of nitrogens with two attached hydrogens (primary N) is 1. The number of piperidine rings is 2. The first-order chi connectivity index (χ1) is 18.5. The summed E-state index contributed by atoms with van der Waals surface area (Å²) in [5.41, 5.74) is 9.39. The van der Waals surface area contributed by atoms with Gasteiger partial charge >= 0.3 is 11.8 Å². The number of carbonyl (C=O) groups excluding carboxylic acids is 2. The SMILES string of the molecule is CCc1cc(NC(=O)C(=O)N2C[C@@H](C)CC[C@@H]2c2ccc3cn([C@@H]4CN(C)CC(C)(C)C4)nc3c2)cnc1N. The van der Waals surface area contributed by atoms with Crippen molar-refractivity contribution in [1.82, 2.24) is 24.6 Å². The molecule has 5 rings (SSSR count). The highest BCUT2D eigenvalue weighted by molar-refractivity contribution is 6.39. The molecule has 208 valence electrons. The number of likely N-dealkylation sites (N-methyl/N-ethyl adjacent to an activating group) is 1. The molecule has 2 saturated heterocycles. The van der Waals surface area contributed by atoms with Gasteiger partial charge in [-0.3, -0.25) is 14.3 Å². The fraction of sp³-hybridized carbons (Fsp3) is 0.533. The zero-order chi connectivity index (χ0) is 27.9. The van der Waals surface area contributed by atoms with Crippen LogP contribution < -0.4 is 11.1 Å². The first kappa shape index (κ1) is 27.1. The third kappa shape index (κ3) is 5.78. The molecule has 2 amide bonds. The summed E-state index contributed by atoms with van der Waals surface area (Å²) >= 11 is 0. The van der Waals surface area contributed by atoms with Gasteiger partial charge in [0.1, 0.15) is 5.82 Å². The molecule has 2 aliphatic heterocycles. The molecule has 9 nitrogen and oxygen atoms in total. The number of fused-ring (bicyclic) bond motifs is 1. The van der Waals surface area contributed by atoms with E-state index in [2.05, 4.69) is 72.1 Å². The van der Waals surface area contributed by atoms with Crippen molar-refractivity contribution in [1.29, 1.82) is 0 Å². The number of likely N-dealkylation sites (tertiary alicyclic amines) is 2. The van der Waals surface area contributed by atoms with Gasteiger partial charge in [0.2, 0.25) is 0 Å². The topological polar surface area (TPSA) is 109 Å². The largest absolute Gasteiger partial charge is 0.383 e. The maximum Gasteiger partial charge on any atom is 0.313 e. The lowest BCUT2D eigenvalue weighted by Gasteiger charge is -2.40. The Morgan fingerprint density at radius 3 is 2.72 bits per heavy atom. The van der Waals surface area contributed by atoms with Crippen LogP contribution in [0.15, 0.2) is 36.7 Å². The third-order valence-electron chi connectivity index (χ3n) is 8.23. The summed E-state index contributed by atoms with van der Waals surface area (Å²) in [5.74, 6) is -0.432. The molecule has 3 N–H and O–H groups in total. The number of hydrogen-bond donors (Lipinski definition) is 2. The van der Waals surface area contributed by atoms with Gasteiger partial charge in [-0.05, 0) is 67.3 Å². The van der Waals surface area contributed by atoms with Crippen LogP contribution >= 0.6 is 0 Å². The van der Waals surface area contributed by atoms with Gasteiger partial charge in [0.25, 0.3) is 0 Å². The second-order valence-electron chi connectivity index (χ2n) is 12.4. The van der Waals surface area contributed by atoms with Crippen LogP contribution in [-0.4, -0.2) is 63.1 Å². The minimum atomic E-state index is -0.655. The first-order valence-corrected chi connectivity index (χ1v) is 14.1. The van der Waals surface area contributed by atoms with Crippen molar-refractivity contribution < 1.29 is 9.59 Å². The van der Waals surface area contributed by atoms with E-state index in [0.717, 1.165) is 54.4 Å². The number of benzene rings is 1. The molecule has 39 heavy (non-hydrogen) atoms. The summed E-state index contributed by atoms with van der Waals surface area (Å²) in [7, 11) is 2.17. The van der Waals surface area contributed by atoms with E-state index in [1.807, 2.05) is 6.92 Å². The predicted octanol–water partition coefficient (Wildman–Crippen LogP) is 4.42. The predicted molar refractivity (Wildman–Crippen MR) is 154 cm³/mol. The first-order valence-electron chi connectivity index (χ1n) is 14.1. The van der Waals surface area contributed by atoms with Crippen molar-refractivity contribution in [2.45, 2.75) is 65.5 Å². The lowest BCUT2D eigenvalue weighted by Crippen LogP contribution is -2.46. The smallest absolute Gasteiger partial charge is 0.313 e. The fourth-order valence-electron chi connectivity index (χ4n) is 6.46. The molecule has 2 aromatic heterocycles. The van der Waals surface area contributed by atoms with E-state index in [0.29, 0.717) is 36.4 Å². The Morgan fingerprint density at radius 2 is 1.97 bits per heavy atom. The van der Waals surface area contributed by atoms with Crippen molar-refractivity contribution in [3.8, 4) is 0 Å². The van der Waals surface area contributed by atoms with E-state index >= 15 is 0 Å². The van der Waals surface area contributed by atoms with Crippen LogP contribution in [0, 0.1) is 11.3 Å². The lowest BCUT2D eigenvalue weighted by atomic mass is 9.82. The number of nitrogens with zero attached hydrogens (tertiary/aromatic N) is 5. The summed E-state index contributed by atoms with van der Waals surface area (Å²) in [6.07, 6.45) is 7.20. The molecule has 0 bridgehead atoms. The van der Waals surface area contributed by atoms with Crippen LogP contribution in [0.4, 0.5) is 11.5 Å². The van der Waals surface area contributed by atoms with Gasteiger partial charge in [-0.15, -0.1) is 0 Å². The third-order valence-corrected chi connectivity index (χ3v) is 8.23. The highest BCUT2D eigenvalue weighted by Crippen LogP contribution is 2.37. The number of nitrogens with one attached hydrogen (secondary N) is 1. The number of amides is 2. The summed E-state index contributed by atoms with van der Waals surface area (Å²) in [6.45, 7) is 11.3. The Bertz CT molecular complexity index is 1380.